The highest BCUT2D eigenvalue weighted by molar-refractivity contribution is 5.83. The number of fused-ring (bicyclic) bond motifs is 4. The molecule has 3 N–H and O–H groups in total. The van der Waals surface area contributed by atoms with Gasteiger partial charge in [0.1, 0.15) is 6.10 Å². The van der Waals surface area contributed by atoms with E-state index in [0.717, 1.165) is 51.1 Å². The second-order valence-corrected chi connectivity index (χ2v) is 17.9. The van der Waals surface area contributed by atoms with Crippen LogP contribution in [-0.4, -0.2) is 89.6 Å². The Morgan fingerprint density at radius 3 is 2.55 bits per heavy atom. The number of nitrogens with one attached hydrogen (secondary N) is 1. The number of ether oxygens (including phenoxy) is 3. The Balaban J connectivity index is 0.962. The number of rotatable bonds is 5. The summed E-state index contributed by atoms with van der Waals surface area (Å²) in [7, 11) is 0. The van der Waals surface area contributed by atoms with Crippen molar-refractivity contribution in [1.82, 2.24) is 10.2 Å². The van der Waals surface area contributed by atoms with Gasteiger partial charge >= 0.3 is 0 Å². The molecule has 3 aliphatic heterocycles. The van der Waals surface area contributed by atoms with Gasteiger partial charge in [-0.25, -0.2) is 0 Å². The molecule has 0 aromatic heterocycles. The van der Waals surface area contributed by atoms with Crippen molar-refractivity contribution in [2.24, 2.45) is 45.3 Å². The van der Waals surface area contributed by atoms with E-state index in [4.69, 9.17) is 14.2 Å². The van der Waals surface area contributed by atoms with E-state index in [0.29, 0.717) is 47.2 Å². The van der Waals surface area contributed by atoms with Crippen molar-refractivity contribution in [2.45, 2.75) is 148 Å². The van der Waals surface area contributed by atoms with Gasteiger partial charge in [-0.2, -0.15) is 0 Å². The van der Waals surface area contributed by atoms with Crippen LogP contribution >= 0.6 is 0 Å². The van der Waals surface area contributed by atoms with Gasteiger partial charge in [-0.05, 0) is 130 Å². The predicted octanol–water partition coefficient (Wildman–Crippen LogP) is 4.26. The number of morpholine rings is 1. The molecule has 13 atom stereocenters. The summed E-state index contributed by atoms with van der Waals surface area (Å²) in [4.78, 5) is 14.6. The standard InChI is InChI=1S/C36H58N2O6/c1-32(2)27-9-7-21-23-18-26-22(6-8-25(43-26)30(39)33(3,4)41)34(23,5)13-14-35(21)20-36(27,35)12-10-28(32)44-29-19-38(16-17-42-29)24-11-15-37-31(24)40/h21-30,39,41H,6-20H2,1-5H3,(H,37,40)/t21?,22-,23?,24+,25?,26?,27?,28-,29?,30-,34?,35?,36+/m0/s1. The highest BCUT2D eigenvalue weighted by Gasteiger charge is 2.80. The number of hydrogen-bond acceptors (Lipinski definition) is 7. The van der Waals surface area contributed by atoms with Crippen LogP contribution in [0.3, 0.4) is 0 Å². The van der Waals surface area contributed by atoms with E-state index in [-0.39, 0.29) is 42.0 Å². The van der Waals surface area contributed by atoms with E-state index in [2.05, 4.69) is 31.0 Å². The zero-order valence-electron chi connectivity index (χ0n) is 27.9. The van der Waals surface area contributed by atoms with Crippen molar-refractivity contribution in [3.05, 3.63) is 0 Å². The van der Waals surface area contributed by atoms with Crippen molar-refractivity contribution in [3.8, 4) is 0 Å². The molecular formula is C36H58N2O6. The van der Waals surface area contributed by atoms with Crippen LogP contribution < -0.4 is 5.32 Å². The Morgan fingerprint density at radius 2 is 1.80 bits per heavy atom. The van der Waals surface area contributed by atoms with Crippen molar-refractivity contribution in [2.75, 3.05) is 26.2 Å². The molecule has 0 radical (unpaired) electrons. The fourth-order valence-electron chi connectivity index (χ4n) is 13.3. The molecule has 8 fully saturated rings. The number of carbonyl (C=O) groups excluding carboxylic acids is 1. The van der Waals surface area contributed by atoms with Crippen molar-refractivity contribution < 1.29 is 29.2 Å². The first kappa shape index (κ1) is 30.6. The van der Waals surface area contributed by atoms with Crippen LogP contribution in [0.1, 0.15) is 105 Å². The van der Waals surface area contributed by atoms with Crippen LogP contribution in [0.5, 0.6) is 0 Å². The molecule has 5 saturated carbocycles. The highest BCUT2D eigenvalue weighted by atomic mass is 16.7. The van der Waals surface area contributed by atoms with Crippen molar-refractivity contribution >= 4 is 5.91 Å². The lowest BCUT2D eigenvalue weighted by Gasteiger charge is -2.60. The smallest absolute Gasteiger partial charge is 0.237 e. The lowest BCUT2D eigenvalue weighted by atomic mass is 9.46. The van der Waals surface area contributed by atoms with E-state index in [1.807, 2.05) is 0 Å². The summed E-state index contributed by atoms with van der Waals surface area (Å²) in [5.74, 6) is 2.90. The third-order valence-corrected chi connectivity index (χ3v) is 15.5. The van der Waals surface area contributed by atoms with Gasteiger partial charge in [-0.15, -0.1) is 0 Å². The number of hydrogen-bond donors (Lipinski definition) is 3. The summed E-state index contributed by atoms with van der Waals surface area (Å²) in [6, 6.07) is -0.0338. The van der Waals surface area contributed by atoms with Gasteiger partial charge in [0, 0.05) is 13.1 Å². The molecule has 2 spiro atoms. The molecule has 1 amide bonds. The summed E-state index contributed by atoms with van der Waals surface area (Å²) < 4.78 is 19.7. The Bertz CT molecular complexity index is 1160. The molecule has 8 aliphatic rings. The van der Waals surface area contributed by atoms with Crippen LogP contribution in [0.2, 0.25) is 0 Å². The first-order valence-corrected chi connectivity index (χ1v) is 18.1. The number of aliphatic hydroxyl groups is 2. The van der Waals surface area contributed by atoms with E-state index in [1.54, 1.807) is 13.8 Å². The molecule has 8 rings (SSSR count). The lowest BCUT2D eigenvalue weighted by Crippen LogP contribution is -2.57. The largest absolute Gasteiger partial charge is 0.388 e. The third kappa shape index (κ3) is 4.25. The minimum absolute atomic E-state index is 0.0338. The molecule has 44 heavy (non-hydrogen) atoms. The minimum Gasteiger partial charge on any atom is -0.388 e. The van der Waals surface area contributed by atoms with Crippen LogP contribution in [0.15, 0.2) is 0 Å². The summed E-state index contributed by atoms with van der Waals surface area (Å²) in [6.45, 7) is 13.8. The van der Waals surface area contributed by atoms with Gasteiger partial charge in [0.25, 0.3) is 0 Å². The zero-order chi connectivity index (χ0) is 30.9. The van der Waals surface area contributed by atoms with Gasteiger partial charge in [-0.3, -0.25) is 9.69 Å². The van der Waals surface area contributed by atoms with Gasteiger partial charge in [-0.1, -0.05) is 20.8 Å². The molecular weight excluding hydrogens is 556 g/mol. The third-order valence-electron chi connectivity index (χ3n) is 15.5. The van der Waals surface area contributed by atoms with Crippen molar-refractivity contribution in [3.63, 3.8) is 0 Å². The Labute approximate surface area is 264 Å². The first-order chi connectivity index (χ1) is 20.8. The number of amides is 1. The zero-order valence-corrected chi connectivity index (χ0v) is 27.9. The summed E-state index contributed by atoms with van der Waals surface area (Å²) in [5, 5.41) is 24.3. The molecule has 3 heterocycles. The predicted molar refractivity (Wildman–Crippen MR) is 165 cm³/mol. The fraction of sp³-hybridized carbons (Fsp3) is 0.972. The summed E-state index contributed by atoms with van der Waals surface area (Å²) >= 11 is 0. The Hall–Kier alpha value is -0.770. The SMILES string of the molecule is CC(C)(O)[C@@H](O)C1CC[C@H]2C(CC3C4CCC5C(C)(C)[C@@H](OC6CN([C@@H]7CCNC7=O)CCO6)CC[C@@]56CC46CCC32C)O1. The van der Waals surface area contributed by atoms with Crippen LogP contribution in [0.25, 0.3) is 0 Å². The van der Waals surface area contributed by atoms with E-state index < -0.39 is 11.7 Å². The molecule has 8 unspecified atom stereocenters. The molecule has 8 nitrogen and oxygen atoms in total. The quantitative estimate of drug-likeness (QED) is 0.426. The maximum Gasteiger partial charge on any atom is 0.237 e. The molecule has 248 valence electrons. The van der Waals surface area contributed by atoms with E-state index in [1.165, 1.54) is 38.5 Å². The maximum atomic E-state index is 12.4. The van der Waals surface area contributed by atoms with Gasteiger partial charge < -0.3 is 29.7 Å². The Morgan fingerprint density at radius 1 is 1.00 bits per heavy atom. The monoisotopic (exact) mass is 614 g/mol. The second-order valence-electron chi connectivity index (χ2n) is 17.9. The van der Waals surface area contributed by atoms with Crippen LogP contribution in [-0.2, 0) is 19.0 Å². The van der Waals surface area contributed by atoms with Gasteiger partial charge in [0.15, 0.2) is 6.29 Å². The average Bonchev–Trinajstić information content (AvgIpc) is 3.27. The normalized spacial score (nSPS) is 52.2. The number of aliphatic hydroxyl groups excluding tert-OH is 1. The molecule has 8 heteroatoms. The maximum absolute atomic E-state index is 12.4. The van der Waals surface area contributed by atoms with Gasteiger partial charge in [0.2, 0.25) is 5.91 Å². The number of nitrogens with zero attached hydrogens (tertiary/aromatic N) is 1. The summed E-state index contributed by atoms with van der Waals surface area (Å²) in [5.41, 5.74) is 0.223. The topological polar surface area (TPSA) is 100 Å². The number of carbonyl (C=O) groups is 1. The average molecular weight is 615 g/mol. The lowest BCUT2D eigenvalue weighted by molar-refractivity contribution is -0.247. The summed E-state index contributed by atoms with van der Waals surface area (Å²) in [6.07, 6.45) is 12.1. The van der Waals surface area contributed by atoms with Crippen LogP contribution in [0.4, 0.5) is 0 Å². The van der Waals surface area contributed by atoms with Crippen LogP contribution in [0, 0.1) is 45.3 Å². The van der Waals surface area contributed by atoms with Gasteiger partial charge in [0.05, 0.1) is 43.1 Å². The molecule has 0 bridgehead atoms. The highest BCUT2D eigenvalue weighted by Crippen LogP contribution is 2.87. The van der Waals surface area contributed by atoms with E-state index >= 15 is 0 Å². The molecule has 3 saturated heterocycles. The fourth-order valence-corrected chi connectivity index (χ4v) is 13.3. The molecule has 5 aliphatic carbocycles. The first-order valence-electron chi connectivity index (χ1n) is 18.1. The van der Waals surface area contributed by atoms with Crippen molar-refractivity contribution in [1.29, 1.82) is 0 Å². The molecule has 0 aromatic rings. The second kappa shape index (κ2) is 10.1. The molecule has 0 aromatic carbocycles. The Kier molecular flexibility index (Phi) is 7.03. The van der Waals surface area contributed by atoms with E-state index in [9.17, 15) is 15.0 Å². The minimum atomic E-state index is -1.14.